The Morgan fingerprint density at radius 2 is 2.06 bits per heavy atom. The highest BCUT2D eigenvalue weighted by atomic mass is 35.5. The van der Waals surface area contributed by atoms with Gasteiger partial charge in [-0.3, -0.25) is 4.79 Å². The van der Waals surface area contributed by atoms with Gasteiger partial charge >= 0.3 is 0 Å². The zero-order valence-electron chi connectivity index (χ0n) is 9.98. The number of hydrogen-bond donors (Lipinski definition) is 2. The second-order valence-electron chi connectivity index (χ2n) is 3.38. The molecule has 1 aromatic rings. The van der Waals surface area contributed by atoms with E-state index >= 15 is 0 Å². The molecule has 18 heavy (non-hydrogen) atoms. The normalized spacial score (nSPS) is 10.5. The highest BCUT2D eigenvalue weighted by Crippen LogP contribution is 2.16. The Morgan fingerprint density at radius 3 is 2.56 bits per heavy atom. The van der Waals surface area contributed by atoms with E-state index in [4.69, 9.17) is 10.5 Å². The van der Waals surface area contributed by atoms with E-state index in [9.17, 15) is 9.18 Å². The van der Waals surface area contributed by atoms with E-state index in [1.54, 1.807) is 24.3 Å². The summed E-state index contributed by atoms with van der Waals surface area (Å²) < 4.78 is 18.1. The number of carbonyl (C=O) groups excluding carboxylic acids is 1. The first kappa shape index (κ1) is 16.4. The first-order chi connectivity index (χ1) is 8.11. The fourth-order valence-electron chi connectivity index (χ4n) is 1.18. The largest absolute Gasteiger partial charge is 0.487 e. The molecule has 0 fully saturated rings. The molecule has 0 atom stereocenters. The Labute approximate surface area is 111 Å². The van der Waals surface area contributed by atoms with Crippen LogP contribution < -0.4 is 15.8 Å². The topological polar surface area (TPSA) is 64.3 Å². The Bertz CT molecular complexity index is 407. The molecule has 0 aromatic heterocycles. The lowest BCUT2D eigenvalue weighted by Crippen LogP contribution is -2.05. The summed E-state index contributed by atoms with van der Waals surface area (Å²) in [6.45, 7) is 1.44. The van der Waals surface area contributed by atoms with Crippen LogP contribution in [0.3, 0.4) is 0 Å². The van der Waals surface area contributed by atoms with Gasteiger partial charge in [-0.15, -0.1) is 12.4 Å². The number of nitrogens with one attached hydrogen (secondary N) is 1. The zero-order chi connectivity index (χ0) is 12.7. The van der Waals surface area contributed by atoms with Crippen LogP contribution in [0.25, 0.3) is 0 Å². The minimum atomic E-state index is -0.404. The molecule has 0 aliphatic rings. The van der Waals surface area contributed by atoms with Crippen LogP contribution in [0.2, 0.25) is 0 Å². The fourth-order valence-corrected chi connectivity index (χ4v) is 1.18. The van der Waals surface area contributed by atoms with Crippen molar-refractivity contribution >= 4 is 24.0 Å². The Balaban J connectivity index is 0.00000289. The summed E-state index contributed by atoms with van der Waals surface area (Å²) in [7, 11) is 0. The molecular formula is C12H16ClFN2O2. The van der Waals surface area contributed by atoms with Crippen LogP contribution in [0.5, 0.6) is 5.75 Å². The maximum atomic E-state index is 12.9. The van der Waals surface area contributed by atoms with Gasteiger partial charge in [0.15, 0.2) is 0 Å². The molecule has 1 amide bonds. The number of anilines is 1. The number of halogens is 2. The smallest absolute Gasteiger partial charge is 0.221 e. The maximum absolute atomic E-state index is 12.9. The average Bonchev–Trinajstić information content (AvgIpc) is 2.28. The van der Waals surface area contributed by atoms with Gasteiger partial charge in [0.1, 0.15) is 18.2 Å². The SMILES string of the molecule is CC(=O)Nc1ccc(OC/C(F)=C/CN)cc1.Cl. The summed E-state index contributed by atoms with van der Waals surface area (Å²) in [4.78, 5) is 10.8. The van der Waals surface area contributed by atoms with E-state index in [1.807, 2.05) is 0 Å². The van der Waals surface area contributed by atoms with Crippen molar-refractivity contribution in [2.24, 2.45) is 5.73 Å². The van der Waals surface area contributed by atoms with Crippen molar-refractivity contribution in [1.82, 2.24) is 0 Å². The summed E-state index contributed by atoms with van der Waals surface area (Å²) in [5.74, 6) is -0.0197. The lowest BCUT2D eigenvalue weighted by Gasteiger charge is -2.06. The molecule has 0 saturated carbocycles. The molecule has 0 aliphatic heterocycles. The number of benzene rings is 1. The summed E-state index contributed by atoms with van der Waals surface area (Å²) in [6.07, 6.45) is 1.26. The molecule has 3 N–H and O–H groups in total. The van der Waals surface area contributed by atoms with Crippen LogP contribution in [-0.2, 0) is 4.79 Å². The molecule has 0 radical (unpaired) electrons. The number of ether oxygens (including phenoxy) is 1. The van der Waals surface area contributed by atoms with Crippen molar-refractivity contribution in [3.8, 4) is 5.75 Å². The van der Waals surface area contributed by atoms with Crippen molar-refractivity contribution in [3.05, 3.63) is 36.2 Å². The van der Waals surface area contributed by atoms with E-state index in [0.29, 0.717) is 11.4 Å². The van der Waals surface area contributed by atoms with E-state index in [0.717, 1.165) is 0 Å². The van der Waals surface area contributed by atoms with Crippen LogP contribution in [0, 0.1) is 0 Å². The lowest BCUT2D eigenvalue weighted by atomic mass is 10.3. The van der Waals surface area contributed by atoms with Gasteiger partial charge in [-0.2, -0.15) is 0 Å². The second kappa shape index (κ2) is 8.49. The minimum absolute atomic E-state index is 0. The molecular weight excluding hydrogens is 259 g/mol. The monoisotopic (exact) mass is 274 g/mol. The van der Waals surface area contributed by atoms with Crippen molar-refractivity contribution < 1.29 is 13.9 Å². The third-order valence-electron chi connectivity index (χ3n) is 1.89. The average molecular weight is 275 g/mol. The summed E-state index contributed by atoms with van der Waals surface area (Å²) in [6, 6.07) is 6.67. The van der Waals surface area contributed by atoms with E-state index in [2.05, 4.69) is 5.32 Å². The predicted octanol–water partition coefficient (Wildman–Crippen LogP) is 2.26. The lowest BCUT2D eigenvalue weighted by molar-refractivity contribution is -0.114. The van der Waals surface area contributed by atoms with Crippen molar-refractivity contribution in [3.63, 3.8) is 0 Å². The van der Waals surface area contributed by atoms with Gasteiger partial charge in [-0.05, 0) is 30.3 Å². The Kier molecular flexibility index (Phi) is 7.74. The molecule has 0 spiro atoms. The number of carbonyl (C=O) groups is 1. The summed E-state index contributed by atoms with van der Waals surface area (Å²) in [5, 5.41) is 2.62. The highest BCUT2D eigenvalue weighted by molar-refractivity contribution is 5.88. The van der Waals surface area contributed by atoms with E-state index in [-0.39, 0.29) is 31.5 Å². The molecule has 100 valence electrons. The molecule has 0 unspecified atom stereocenters. The number of hydrogen-bond acceptors (Lipinski definition) is 3. The Hall–Kier alpha value is -1.59. The second-order valence-corrected chi connectivity index (χ2v) is 3.38. The predicted molar refractivity (Wildman–Crippen MR) is 71.7 cm³/mol. The van der Waals surface area contributed by atoms with Crippen molar-refractivity contribution in [2.75, 3.05) is 18.5 Å². The molecule has 1 aromatic carbocycles. The van der Waals surface area contributed by atoms with Gasteiger partial charge in [0.2, 0.25) is 5.91 Å². The first-order valence-corrected chi connectivity index (χ1v) is 5.17. The van der Waals surface area contributed by atoms with Crippen LogP contribution in [0.1, 0.15) is 6.92 Å². The molecule has 4 nitrogen and oxygen atoms in total. The van der Waals surface area contributed by atoms with Crippen molar-refractivity contribution in [2.45, 2.75) is 6.92 Å². The molecule has 0 bridgehead atoms. The molecule has 0 heterocycles. The standard InChI is InChI=1S/C12H15FN2O2.ClH/c1-9(16)15-11-2-4-12(5-3-11)17-8-10(13)6-7-14;/h2-6H,7-8,14H2,1H3,(H,15,16);1H/b10-6-;. The van der Waals surface area contributed by atoms with Crippen molar-refractivity contribution in [1.29, 1.82) is 0 Å². The third-order valence-corrected chi connectivity index (χ3v) is 1.89. The van der Waals surface area contributed by atoms with E-state index in [1.165, 1.54) is 13.0 Å². The number of nitrogens with two attached hydrogens (primary N) is 1. The first-order valence-electron chi connectivity index (χ1n) is 5.17. The summed E-state index contributed by atoms with van der Waals surface area (Å²) >= 11 is 0. The number of rotatable bonds is 5. The number of amides is 1. The molecule has 0 saturated heterocycles. The van der Waals surface area contributed by atoms with E-state index < -0.39 is 5.83 Å². The van der Waals surface area contributed by atoms with Gasteiger partial charge in [0, 0.05) is 19.2 Å². The fraction of sp³-hybridized carbons (Fsp3) is 0.250. The van der Waals surface area contributed by atoms with Crippen LogP contribution in [-0.4, -0.2) is 19.1 Å². The zero-order valence-corrected chi connectivity index (χ0v) is 10.8. The van der Waals surface area contributed by atoms with Gasteiger partial charge in [-0.1, -0.05) is 0 Å². The van der Waals surface area contributed by atoms with Crippen LogP contribution in [0.15, 0.2) is 36.2 Å². The third kappa shape index (κ3) is 6.22. The summed E-state index contributed by atoms with van der Waals surface area (Å²) in [5.41, 5.74) is 5.82. The van der Waals surface area contributed by atoms with Gasteiger partial charge in [-0.25, -0.2) is 4.39 Å². The molecule has 6 heteroatoms. The van der Waals surface area contributed by atoms with Gasteiger partial charge in [0.05, 0.1) is 0 Å². The highest BCUT2D eigenvalue weighted by Gasteiger charge is 1.99. The maximum Gasteiger partial charge on any atom is 0.221 e. The quantitative estimate of drug-likeness (QED) is 0.866. The minimum Gasteiger partial charge on any atom is -0.487 e. The Morgan fingerprint density at radius 1 is 1.44 bits per heavy atom. The molecule has 1 rings (SSSR count). The van der Waals surface area contributed by atoms with Crippen LogP contribution in [0.4, 0.5) is 10.1 Å². The van der Waals surface area contributed by atoms with Gasteiger partial charge < -0.3 is 15.8 Å². The van der Waals surface area contributed by atoms with Gasteiger partial charge in [0.25, 0.3) is 0 Å². The van der Waals surface area contributed by atoms with Crippen LogP contribution >= 0.6 is 12.4 Å². The molecule has 0 aliphatic carbocycles.